The highest BCUT2D eigenvalue weighted by atomic mass is 35.5. The van der Waals surface area contributed by atoms with Crippen LogP contribution in [0, 0.1) is 0 Å². The lowest BCUT2D eigenvalue weighted by Gasteiger charge is -2.35. The molecule has 1 N–H and O–H groups in total. The number of hydrogen-bond acceptors (Lipinski definition) is 3. The molecular weight excluding hydrogens is 271 g/mol. The molecule has 1 unspecified atom stereocenters. The van der Waals surface area contributed by atoms with Gasteiger partial charge in [0, 0.05) is 25.4 Å². The summed E-state index contributed by atoms with van der Waals surface area (Å²) in [5.41, 5.74) is 0.867. The topological polar surface area (TPSA) is 36.4 Å². The Hall–Kier alpha value is -0.350. The van der Waals surface area contributed by atoms with Crippen molar-refractivity contribution in [2.45, 2.75) is 38.3 Å². The van der Waals surface area contributed by atoms with Crippen molar-refractivity contribution in [3.63, 3.8) is 0 Å². The summed E-state index contributed by atoms with van der Waals surface area (Å²) in [6, 6.07) is 2.17. The standard InChI is InChI=1S/C13H18Cl2N2O/c14-10-7-12(15)13(16-8-10)9-17-5-2-1-3-11(17)4-6-18/h7-8,11,18H,1-6,9H2. The number of hydrogen-bond donors (Lipinski definition) is 1. The SMILES string of the molecule is OCCC1CCCCN1Cc1ncc(Cl)cc1Cl. The van der Waals surface area contributed by atoms with Crippen molar-refractivity contribution in [3.8, 4) is 0 Å². The maximum atomic E-state index is 9.11. The van der Waals surface area contributed by atoms with E-state index >= 15 is 0 Å². The van der Waals surface area contributed by atoms with Crippen LogP contribution in [0.5, 0.6) is 0 Å². The van der Waals surface area contributed by atoms with Crippen LogP contribution in [0.2, 0.25) is 10.0 Å². The predicted octanol–water partition coefficient (Wildman–Crippen LogP) is 3.13. The van der Waals surface area contributed by atoms with Crippen molar-refractivity contribution in [1.82, 2.24) is 9.88 Å². The van der Waals surface area contributed by atoms with Gasteiger partial charge < -0.3 is 5.11 Å². The zero-order chi connectivity index (χ0) is 13.0. The molecule has 1 aliphatic rings. The van der Waals surface area contributed by atoms with E-state index in [2.05, 4.69) is 9.88 Å². The maximum Gasteiger partial charge on any atom is 0.0731 e. The lowest BCUT2D eigenvalue weighted by molar-refractivity contribution is 0.111. The highest BCUT2D eigenvalue weighted by molar-refractivity contribution is 6.34. The van der Waals surface area contributed by atoms with Crippen molar-refractivity contribution in [2.75, 3.05) is 13.2 Å². The molecule has 2 rings (SSSR count). The number of rotatable bonds is 4. The Morgan fingerprint density at radius 2 is 2.22 bits per heavy atom. The summed E-state index contributed by atoms with van der Waals surface area (Å²) >= 11 is 12.0. The van der Waals surface area contributed by atoms with Gasteiger partial charge in [0.1, 0.15) is 0 Å². The average molecular weight is 289 g/mol. The van der Waals surface area contributed by atoms with Gasteiger partial charge in [0.2, 0.25) is 0 Å². The van der Waals surface area contributed by atoms with Crippen LogP contribution in [0.3, 0.4) is 0 Å². The highest BCUT2D eigenvalue weighted by Gasteiger charge is 2.22. The Bertz CT molecular complexity index is 399. The summed E-state index contributed by atoms with van der Waals surface area (Å²) in [6.07, 6.45) is 6.04. The second-order valence-electron chi connectivity index (χ2n) is 4.71. The molecule has 1 aromatic heterocycles. The van der Waals surface area contributed by atoms with E-state index in [1.54, 1.807) is 12.3 Å². The first-order valence-corrected chi connectivity index (χ1v) is 7.11. The number of aliphatic hydroxyl groups excluding tert-OH is 1. The molecule has 0 aromatic carbocycles. The van der Waals surface area contributed by atoms with Crippen LogP contribution in [0.4, 0.5) is 0 Å². The summed E-state index contributed by atoms with van der Waals surface area (Å²) in [7, 11) is 0. The minimum atomic E-state index is 0.239. The van der Waals surface area contributed by atoms with Gasteiger partial charge in [-0.2, -0.15) is 0 Å². The highest BCUT2D eigenvalue weighted by Crippen LogP contribution is 2.25. The molecule has 3 nitrogen and oxygen atoms in total. The third kappa shape index (κ3) is 3.58. The van der Waals surface area contributed by atoms with Crippen molar-refractivity contribution >= 4 is 23.2 Å². The quantitative estimate of drug-likeness (QED) is 0.925. The summed E-state index contributed by atoms with van der Waals surface area (Å²) in [5, 5.41) is 10.3. The number of aromatic nitrogens is 1. The molecule has 0 aliphatic carbocycles. The lowest BCUT2D eigenvalue weighted by Crippen LogP contribution is -2.39. The van der Waals surface area contributed by atoms with Crippen LogP contribution in [-0.4, -0.2) is 34.2 Å². The van der Waals surface area contributed by atoms with Gasteiger partial charge in [-0.25, -0.2) is 0 Å². The second kappa shape index (κ2) is 6.71. The molecule has 0 radical (unpaired) electrons. The first kappa shape index (κ1) is 14.1. The molecule has 18 heavy (non-hydrogen) atoms. The predicted molar refractivity (Wildman–Crippen MR) is 74.0 cm³/mol. The molecule has 0 amide bonds. The Morgan fingerprint density at radius 3 is 2.94 bits per heavy atom. The fourth-order valence-electron chi connectivity index (χ4n) is 2.50. The zero-order valence-electron chi connectivity index (χ0n) is 10.3. The van der Waals surface area contributed by atoms with Crippen molar-refractivity contribution < 1.29 is 5.11 Å². The zero-order valence-corrected chi connectivity index (χ0v) is 11.8. The molecule has 1 fully saturated rings. The van der Waals surface area contributed by atoms with Gasteiger partial charge in [0.15, 0.2) is 0 Å². The van der Waals surface area contributed by atoms with E-state index in [9.17, 15) is 0 Å². The maximum absolute atomic E-state index is 9.11. The number of aliphatic hydroxyl groups is 1. The number of halogens is 2. The average Bonchev–Trinajstić information content (AvgIpc) is 2.35. The van der Waals surface area contributed by atoms with Crippen LogP contribution in [0.1, 0.15) is 31.4 Å². The van der Waals surface area contributed by atoms with Crippen molar-refractivity contribution in [1.29, 1.82) is 0 Å². The monoisotopic (exact) mass is 288 g/mol. The van der Waals surface area contributed by atoms with E-state index in [0.29, 0.717) is 16.1 Å². The Kier molecular flexibility index (Phi) is 5.25. The summed E-state index contributed by atoms with van der Waals surface area (Å²) in [4.78, 5) is 6.66. The Balaban J connectivity index is 2.06. The van der Waals surface area contributed by atoms with E-state index < -0.39 is 0 Å². The van der Waals surface area contributed by atoms with Gasteiger partial charge in [0.25, 0.3) is 0 Å². The fourth-order valence-corrected chi connectivity index (χ4v) is 2.94. The molecule has 2 heterocycles. The van der Waals surface area contributed by atoms with E-state index in [4.69, 9.17) is 28.3 Å². The smallest absolute Gasteiger partial charge is 0.0731 e. The molecule has 0 bridgehead atoms. The summed E-state index contributed by atoms with van der Waals surface area (Å²) < 4.78 is 0. The molecule has 100 valence electrons. The number of nitrogens with zero attached hydrogens (tertiary/aromatic N) is 2. The molecule has 0 spiro atoms. The van der Waals surface area contributed by atoms with Gasteiger partial charge in [-0.3, -0.25) is 9.88 Å². The molecule has 0 saturated carbocycles. The molecule has 5 heteroatoms. The molecule has 1 aromatic rings. The first-order chi connectivity index (χ1) is 8.70. The molecule has 1 aliphatic heterocycles. The van der Waals surface area contributed by atoms with Gasteiger partial charge >= 0.3 is 0 Å². The van der Waals surface area contributed by atoms with E-state index in [1.807, 2.05) is 0 Å². The van der Waals surface area contributed by atoms with E-state index in [-0.39, 0.29) is 6.61 Å². The first-order valence-electron chi connectivity index (χ1n) is 6.35. The largest absolute Gasteiger partial charge is 0.396 e. The van der Waals surface area contributed by atoms with E-state index in [1.165, 1.54) is 12.8 Å². The minimum Gasteiger partial charge on any atom is -0.396 e. The van der Waals surface area contributed by atoms with Gasteiger partial charge in [0.05, 0.1) is 15.7 Å². The van der Waals surface area contributed by atoms with Crippen molar-refractivity contribution in [2.24, 2.45) is 0 Å². The fraction of sp³-hybridized carbons (Fsp3) is 0.615. The Morgan fingerprint density at radius 1 is 1.39 bits per heavy atom. The Labute approximate surface area is 118 Å². The van der Waals surface area contributed by atoms with Crippen LogP contribution in [0.25, 0.3) is 0 Å². The van der Waals surface area contributed by atoms with Crippen LogP contribution in [-0.2, 0) is 6.54 Å². The third-order valence-corrected chi connectivity index (χ3v) is 3.98. The summed E-state index contributed by atoms with van der Waals surface area (Å²) in [6.45, 7) is 2.02. The third-order valence-electron chi connectivity index (χ3n) is 3.45. The summed E-state index contributed by atoms with van der Waals surface area (Å²) in [5.74, 6) is 0. The molecule has 1 saturated heterocycles. The van der Waals surface area contributed by atoms with Gasteiger partial charge in [-0.15, -0.1) is 0 Å². The number of pyridine rings is 1. The van der Waals surface area contributed by atoms with Gasteiger partial charge in [-0.05, 0) is 31.9 Å². The number of likely N-dealkylation sites (tertiary alicyclic amines) is 1. The minimum absolute atomic E-state index is 0.239. The van der Waals surface area contributed by atoms with Crippen LogP contribution in [0.15, 0.2) is 12.3 Å². The molecule has 1 atom stereocenters. The van der Waals surface area contributed by atoms with Crippen LogP contribution < -0.4 is 0 Å². The lowest BCUT2D eigenvalue weighted by atomic mass is 9.99. The molecular formula is C13H18Cl2N2O. The van der Waals surface area contributed by atoms with Crippen molar-refractivity contribution in [3.05, 3.63) is 28.0 Å². The van der Waals surface area contributed by atoms with E-state index in [0.717, 1.165) is 31.6 Å². The van der Waals surface area contributed by atoms with Crippen LogP contribution >= 0.6 is 23.2 Å². The van der Waals surface area contributed by atoms with Gasteiger partial charge in [-0.1, -0.05) is 29.6 Å². The normalized spacial score (nSPS) is 21.2. The second-order valence-corrected chi connectivity index (χ2v) is 5.56. The number of piperidine rings is 1.